The predicted octanol–water partition coefficient (Wildman–Crippen LogP) is 3.39. The highest BCUT2D eigenvalue weighted by molar-refractivity contribution is 5.89. The summed E-state index contributed by atoms with van der Waals surface area (Å²) in [5, 5.41) is 5.97. The first-order valence-electron chi connectivity index (χ1n) is 8.36. The van der Waals surface area contributed by atoms with Crippen molar-refractivity contribution < 1.29 is 19.0 Å². The summed E-state index contributed by atoms with van der Waals surface area (Å²) in [6.45, 7) is -0.134. The summed E-state index contributed by atoms with van der Waals surface area (Å²) in [5.41, 5.74) is 3.16. The summed E-state index contributed by atoms with van der Waals surface area (Å²) in [7, 11) is 3.14. The Bertz CT molecular complexity index is 964. The van der Waals surface area contributed by atoms with E-state index in [0.29, 0.717) is 22.8 Å². The third kappa shape index (κ3) is 4.55. The van der Waals surface area contributed by atoms with E-state index in [0.717, 1.165) is 10.8 Å². The summed E-state index contributed by atoms with van der Waals surface area (Å²) in [6.07, 6.45) is 1.51. The number of hydrogen-bond acceptors (Lipinski definition) is 5. The minimum Gasteiger partial charge on any atom is -0.497 e. The summed E-state index contributed by atoms with van der Waals surface area (Å²) in [5.74, 6) is 1.58. The molecule has 0 spiro atoms. The highest BCUT2D eigenvalue weighted by Gasteiger charge is 2.06. The molecule has 3 rings (SSSR count). The number of rotatable bonds is 7. The molecule has 0 aliphatic heterocycles. The number of nitrogens with one attached hydrogen (secondary N) is 1. The number of ether oxygens (including phenoxy) is 3. The standard InChI is InChI=1S/C21H20N2O4/c1-25-17-11-10-16(20(12-17)26-2)13-22-23-21(24)14-27-19-9-5-7-15-6-3-4-8-18(15)19/h3-13H,14H2,1-2H3,(H,23,24)/b22-13+. The Morgan fingerprint density at radius 1 is 1.00 bits per heavy atom. The maximum absolute atomic E-state index is 12.0. The van der Waals surface area contributed by atoms with Crippen LogP contribution in [-0.4, -0.2) is 32.9 Å². The number of benzene rings is 3. The number of nitrogens with zero attached hydrogens (tertiary/aromatic N) is 1. The molecule has 0 saturated heterocycles. The van der Waals surface area contributed by atoms with Crippen molar-refractivity contribution in [2.24, 2.45) is 5.10 Å². The third-order valence-corrected chi connectivity index (χ3v) is 3.94. The molecule has 6 heteroatoms. The zero-order valence-corrected chi connectivity index (χ0v) is 15.1. The second kappa shape index (κ2) is 8.71. The number of hydrazone groups is 1. The third-order valence-electron chi connectivity index (χ3n) is 3.94. The normalized spacial score (nSPS) is 10.7. The van der Waals surface area contributed by atoms with E-state index in [1.165, 1.54) is 6.21 Å². The van der Waals surface area contributed by atoms with Crippen LogP contribution in [0.1, 0.15) is 5.56 Å². The summed E-state index contributed by atoms with van der Waals surface area (Å²) >= 11 is 0. The Hall–Kier alpha value is -3.54. The van der Waals surface area contributed by atoms with Crippen LogP contribution in [0, 0.1) is 0 Å². The van der Waals surface area contributed by atoms with Gasteiger partial charge in [-0.1, -0.05) is 36.4 Å². The van der Waals surface area contributed by atoms with Gasteiger partial charge in [0.05, 0.1) is 20.4 Å². The minimum absolute atomic E-state index is 0.134. The molecule has 138 valence electrons. The van der Waals surface area contributed by atoms with Crippen LogP contribution in [0.15, 0.2) is 65.8 Å². The molecule has 1 amide bonds. The molecule has 1 N–H and O–H groups in total. The Morgan fingerprint density at radius 3 is 2.63 bits per heavy atom. The number of fused-ring (bicyclic) bond motifs is 1. The number of carbonyl (C=O) groups excluding carboxylic acids is 1. The molecule has 27 heavy (non-hydrogen) atoms. The number of amides is 1. The lowest BCUT2D eigenvalue weighted by Gasteiger charge is -2.08. The second-order valence-corrected chi connectivity index (χ2v) is 5.67. The molecule has 0 saturated carbocycles. The van der Waals surface area contributed by atoms with Crippen LogP contribution in [0.5, 0.6) is 17.2 Å². The van der Waals surface area contributed by atoms with Gasteiger partial charge >= 0.3 is 0 Å². The molecule has 0 unspecified atom stereocenters. The Kier molecular flexibility index (Phi) is 5.89. The van der Waals surface area contributed by atoms with Gasteiger partial charge in [0.2, 0.25) is 0 Å². The molecule has 0 radical (unpaired) electrons. The largest absolute Gasteiger partial charge is 0.497 e. The summed E-state index contributed by atoms with van der Waals surface area (Å²) in [4.78, 5) is 12.0. The lowest BCUT2D eigenvalue weighted by Crippen LogP contribution is -2.24. The topological polar surface area (TPSA) is 69.2 Å². The van der Waals surface area contributed by atoms with Crippen molar-refractivity contribution in [3.05, 3.63) is 66.2 Å². The molecule has 0 aromatic heterocycles. The van der Waals surface area contributed by atoms with Gasteiger partial charge in [0.1, 0.15) is 17.2 Å². The maximum Gasteiger partial charge on any atom is 0.277 e. The van der Waals surface area contributed by atoms with Gasteiger partial charge in [-0.25, -0.2) is 5.43 Å². The van der Waals surface area contributed by atoms with Crippen molar-refractivity contribution in [1.82, 2.24) is 5.43 Å². The Labute approximate surface area is 157 Å². The smallest absolute Gasteiger partial charge is 0.277 e. The van der Waals surface area contributed by atoms with Gasteiger partial charge in [-0.2, -0.15) is 5.10 Å². The average Bonchev–Trinajstić information content (AvgIpc) is 2.72. The number of carbonyl (C=O) groups is 1. The van der Waals surface area contributed by atoms with Crippen molar-refractivity contribution in [3.63, 3.8) is 0 Å². The lowest BCUT2D eigenvalue weighted by molar-refractivity contribution is -0.123. The predicted molar refractivity (Wildman–Crippen MR) is 105 cm³/mol. The molecular weight excluding hydrogens is 344 g/mol. The van der Waals surface area contributed by atoms with Crippen molar-refractivity contribution in [2.75, 3.05) is 20.8 Å². The molecule has 0 fully saturated rings. The fourth-order valence-corrected chi connectivity index (χ4v) is 2.60. The van der Waals surface area contributed by atoms with Crippen LogP contribution in [0.3, 0.4) is 0 Å². The van der Waals surface area contributed by atoms with Crippen molar-refractivity contribution in [2.45, 2.75) is 0 Å². The fraction of sp³-hybridized carbons (Fsp3) is 0.143. The first-order chi connectivity index (χ1) is 13.2. The van der Waals surface area contributed by atoms with Crippen LogP contribution < -0.4 is 19.6 Å². The molecule has 0 heterocycles. The minimum atomic E-state index is -0.355. The molecule has 3 aromatic carbocycles. The monoisotopic (exact) mass is 364 g/mol. The first kappa shape index (κ1) is 18.3. The first-order valence-corrected chi connectivity index (χ1v) is 8.36. The zero-order valence-electron chi connectivity index (χ0n) is 15.1. The SMILES string of the molecule is COc1ccc(/C=N/NC(=O)COc2cccc3ccccc23)c(OC)c1. The molecule has 0 aliphatic carbocycles. The van der Waals surface area contributed by atoms with E-state index in [1.807, 2.05) is 42.5 Å². The van der Waals surface area contributed by atoms with Gasteiger partial charge in [-0.05, 0) is 23.6 Å². The highest BCUT2D eigenvalue weighted by Crippen LogP contribution is 2.25. The van der Waals surface area contributed by atoms with Crippen LogP contribution in [-0.2, 0) is 4.79 Å². The van der Waals surface area contributed by atoms with E-state index in [-0.39, 0.29) is 12.5 Å². The quantitative estimate of drug-likeness (QED) is 0.515. The van der Waals surface area contributed by atoms with E-state index in [2.05, 4.69) is 10.5 Å². The summed E-state index contributed by atoms with van der Waals surface area (Å²) in [6, 6.07) is 18.9. The molecule has 3 aromatic rings. The molecule has 6 nitrogen and oxygen atoms in total. The average molecular weight is 364 g/mol. The van der Waals surface area contributed by atoms with Crippen LogP contribution in [0.4, 0.5) is 0 Å². The van der Waals surface area contributed by atoms with Crippen LogP contribution in [0.2, 0.25) is 0 Å². The molecule has 0 atom stereocenters. The summed E-state index contributed by atoms with van der Waals surface area (Å²) < 4.78 is 16.1. The zero-order chi connectivity index (χ0) is 19.1. The molecular formula is C21H20N2O4. The van der Waals surface area contributed by atoms with Gasteiger partial charge in [-0.15, -0.1) is 0 Å². The number of methoxy groups -OCH3 is 2. The molecule has 0 aliphatic rings. The molecule has 0 bridgehead atoms. The van der Waals surface area contributed by atoms with Crippen LogP contribution >= 0.6 is 0 Å². The fourth-order valence-electron chi connectivity index (χ4n) is 2.60. The van der Waals surface area contributed by atoms with Crippen molar-refractivity contribution in [3.8, 4) is 17.2 Å². The van der Waals surface area contributed by atoms with E-state index in [1.54, 1.807) is 32.4 Å². The Morgan fingerprint density at radius 2 is 1.81 bits per heavy atom. The van der Waals surface area contributed by atoms with Gasteiger partial charge in [-0.3, -0.25) is 4.79 Å². The van der Waals surface area contributed by atoms with Gasteiger partial charge in [0, 0.05) is 17.0 Å². The van der Waals surface area contributed by atoms with Gasteiger partial charge in [0.15, 0.2) is 6.61 Å². The van der Waals surface area contributed by atoms with E-state index >= 15 is 0 Å². The van der Waals surface area contributed by atoms with Crippen molar-refractivity contribution in [1.29, 1.82) is 0 Å². The second-order valence-electron chi connectivity index (χ2n) is 5.67. The maximum atomic E-state index is 12.0. The van der Waals surface area contributed by atoms with E-state index in [9.17, 15) is 4.79 Å². The lowest BCUT2D eigenvalue weighted by atomic mass is 10.1. The van der Waals surface area contributed by atoms with Gasteiger partial charge in [0.25, 0.3) is 5.91 Å². The van der Waals surface area contributed by atoms with Crippen molar-refractivity contribution >= 4 is 22.9 Å². The van der Waals surface area contributed by atoms with Crippen LogP contribution in [0.25, 0.3) is 10.8 Å². The highest BCUT2D eigenvalue weighted by atomic mass is 16.5. The van der Waals surface area contributed by atoms with E-state index in [4.69, 9.17) is 14.2 Å². The Balaban J connectivity index is 1.59. The van der Waals surface area contributed by atoms with Gasteiger partial charge < -0.3 is 14.2 Å². The van der Waals surface area contributed by atoms with E-state index < -0.39 is 0 Å². The number of hydrogen-bond donors (Lipinski definition) is 1.